The molecule has 2 fully saturated rings. The van der Waals surface area contributed by atoms with Crippen LogP contribution in [0.25, 0.3) is 0 Å². The van der Waals surface area contributed by atoms with Gasteiger partial charge in [-0.2, -0.15) is 9.65 Å². The summed E-state index contributed by atoms with van der Waals surface area (Å²) >= 11 is 0. The van der Waals surface area contributed by atoms with Crippen molar-refractivity contribution < 1.29 is 9.13 Å². The first-order valence-corrected chi connectivity index (χ1v) is 11.8. The maximum Gasteiger partial charge on any atom is 0.199 e. The molecule has 0 amide bonds. The lowest BCUT2D eigenvalue weighted by Crippen LogP contribution is -2.25. The van der Waals surface area contributed by atoms with E-state index in [-0.39, 0.29) is 0 Å². The van der Waals surface area contributed by atoms with Crippen LogP contribution in [0.1, 0.15) is 81.8 Å². The Morgan fingerprint density at radius 2 is 1.77 bits per heavy atom. The fraction of sp³-hybridized carbons (Fsp3) is 0.593. The Hall–Kier alpha value is -1.92. The zero-order valence-electron chi connectivity index (χ0n) is 18.4. The van der Waals surface area contributed by atoms with E-state index in [1.807, 2.05) is 6.08 Å². The zero-order chi connectivity index (χ0) is 21.2. The summed E-state index contributed by atoms with van der Waals surface area (Å²) in [6.07, 6.45) is 17.3. The molecule has 2 aliphatic carbocycles. The van der Waals surface area contributed by atoms with Crippen LogP contribution in [0.3, 0.4) is 0 Å². The molecule has 0 aromatic heterocycles. The highest BCUT2D eigenvalue weighted by atomic mass is 19.1. The third-order valence-electron chi connectivity index (χ3n) is 6.86. The van der Waals surface area contributed by atoms with Crippen LogP contribution in [0.2, 0.25) is 0 Å². The number of nitrogens with zero attached hydrogens (tertiary/aromatic N) is 1. The van der Waals surface area contributed by atoms with E-state index in [0.717, 1.165) is 19.4 Å². The lowest BCUT2D eigenvalue weighted by molar-refractivity contribution is -0.00337. The van der Waals surface area contributed by atoms with Gasteiger partial charge in [-0.1, -0.05) is 49.8 Å². The first kappa shape index (κ1) is 22.8. The number of rotatable bonds is 8. The smallest absolute Gasteiger partial charge is 0.199 e. The van der Waals surface area contributed by atoms with Crippen LogP contribution in [0.5, 0.6) is 0 Å². The van der Waals surface area contributed by atoms with Crippen molar-refractivity contribution >= 4 is 0 Å². The van der Waals surface area contributed by atoms with E-state index in [0.29, 0.717) is 23.9 Å². The Bertz CT molecular complexity index is 729. The molecule has 1 aromatic rings. The molecule has 3 rings (SSSR count). The van der Waals surface area contributed by atoms with Crippen LogP contribution in [-0.4, -0.2) is 12.7 Å². The molecule has 2 aliphatic rings. The van der Waals surface area contributed by atoms with E-state index in [1.165, 1.54) is 74.6 Å². The molecular weight excluding hydrogens is 373 g/mol. The minimum Gasteiger partial charge on any atom is -0.378 e. The van der Waals surface area contributed by atoms with Gasteiger partial charge in [0.1, 0.15) is 6.07 Å². The molecule has 2 saturated carbocycles. The first-order valence-electron chi connectivity index (χ1n) is 11.8. The topological polar surface area (TPSA) is 33.0 Å². The molecular formula is C27H36FNO. The van der Waals surface area contributed by atoms with Crippen LogP contribution >= 0.6 is 0 Å². The van der Waals surface area contributed by atoms with E-state index in [2.05, 4.69) is 31.2 Å². The Morgan fingerprint density at radius 1 is 1.07 bits per heavy atom. The van der Waals surface area contributed by atoms with E-state index < -0.39 is 5.83 Å². The third kappa shape index (κ3) is 7.10. The van der Waals surface area contributed by atoms with E-state index >= 15 is 0 Å². The largest absolute Gasteiger partial charge is 0.378 e. The number of ether oxygens (including phenoxy) is 1. The zero-order valence-corrected chi connectivity index (χ0v) is 18.4. The van der Waals surface area contributed by atoms with E-state index in [9.17, 15) is 4.39 Å². The maximum absolute atomic E-state index is 12.8. The fourth-order valence-corrected chi connectivity index (χ4v) is 4.96. The Morgan fingerprint density at radius 3 is 2.40 bits per heavy atom. The molecule has 0 spiro atoms. The Balaban J connectivity index is 1.33. The second kappa shape index (κ2) is 12.1. The predicted molar refractivity (Wildman–Crippen MR) is 121 cm³/mol. The van der Waals surface area contributed by atoms with Crippen molar-refractivity contribution in [1.29, 1.82) is 5.26 Å². The third-order valence-corrected chi connectivity index (χ3v) is 6.86. The summed E-state index contributed by atoms with van der Waals surface area (Å²) < 4.78 is 19.1. The Kier molecular flexibility index (Phi) is 9.15. The minimum absolute atomic E-state index is 0.428. The van der Waals surface area contributed by atoms with Crippen molar-refractivity contribution in [2.75, 3.05) is 6.61 Å². The Labute approximate surface area is 181 Å². The van der Waals surface area contributed by atoms with Crippen molar-refractivity contribution in [3.8, 4) is 6.07 Å². The number of aryl methyl sites for hydroxylation is 1. The van der Waals surface area contributed by atoms with Crippen LogP contribution in [0.4, 0.5) is 4.39 Å². The summed E-state index contributed by atoms with van der Waals surface area (Å²) in [5.74, 6) is 1.13. The lowest BCUT2D eigenvalue weighted by atomic mass is 9.81. The highest BCUT2D eigenvalue weighted by Crippen LogP contribution is 2.35. The van der Waals surface area contributed by atoms with Crippen molar-refractivity contribution in [3.05, 3.63) is 59.4 Å². The number of hydrogen-bond donors (Lipinski definition) is 0. The SMILES string of the molecule is CCCc1ccc([C@H]2CC[C@H](OC[C@H]3CC[C@H](/C=C/C=C(\F)C#N)CC3)CC2)cc1. The fourth-order valence-electron chi connectivity index (χ4n) is 4.96. The van der Waals surface area contributed by atoms with Gasteiger partial charge in [-0.3, -0.25) is 0 Å². The van der Waals surface area contributed by atoms with Gasteiger partial charge in [0.05, 0.1) is 6.10 Å². The van der Waals surface area contributed by atoms with Gasteiger partial charge in [-0.15, -0.1) is 0 Å². The highest BCUT2D eigenvalue weighted by molar-refractivity contribution is 5.26. The van der Waals surface area contributed by atoms with Crippen molar-refractivity contribution in [1.82, 2.24) is 0 Å². The lowest BCUT2D eigenvalue weighted by Gasteiger charge is -2.32. The second-order valence-electron chi connectivity index (χ2n) is 9.09. The summed E-state index contributed by atoms with van der Waals surface area (Å²) in [5, 5.41) is 8.43. The van der Waals surface area contributed by atoms with Gasteiger partial charge < -0.3 is 4.74 Å². The van der Waals surface area contributed by atoms with Gasteiger partial charge in [0.25, 0.3) is 0 Å². The average Bonchev–Trinajstić information content (AvgIpc) is 2.79. The maximum atomic E-state index is 12.8. The number of nitriles is 1. The minimum atomic E-state index is -0.725. The van der Waals surface area contributed by atoms with E-state index in [4.69, 9.17) is 10.00 Å². The monoisotopic (exact) mass is 409 g/mol. The molecule has 0 atom stereocenters. The molecule has 162 valence electrons. The summed E-state index contributed by atoms with van der Waals surface area (Å²) in [4.78, 5) is 0. The molecule has 0 N–H and O–H groups in total. The van der Waals surface area contributed by atoms with Gasteiger partial charge in [-0.25, -0.2) is 0 Å². The standard InChI is InChI=1S/C27H36FNO/c1-2-4-21-11-13-24(14-12-21)25-15-17-27(18-16-25)30-20-23-9-7-22(8-10-23)5-3-6-26(28)19-29/h3,5-6,11-14,22-23,25,27H,2,4,7-10,15-18,20H2,1H3/b5-3+,26-6-/t22-,23-,25-,27-. The number of hydrogen-bond acceptors (Lipinski definition) is 2. The highest BCUT2D eigenvalue weighted by Gasteiger charge is 2.25. The molecule has 0 aliphatic heterocycles. The number of allylic oxidation sites excluding steroid dienone is 4. The second-order valence-corrected chi connectivity index (χ2v) is 9.09. The summed E-state index contributed by atoms with van der Waals surface area (Å²) in [6, 6.07) is 10.8. The molecule has 3 heteroatoms. The van der Waals surface area contributed by atoms with Crippen LogP contribution in [-0.2, 0) is 11.2 Å². The first-order chi connectivity index (χ1) is 14.7. The summed E-state index contributed by atoms with van der Waals surface area (Å²) in [5.41, 5.74) is 2.96. The van der Waals surface area contributed by atoms with Gasteiger partial charge in [0, 0.05) is 6.61 Å². The van der Waals surface area contributed by atoms with Crippen LogP contribution < -0.4 is 0 Å². The number of halogens is 1. The van der Waals surface area contributed by atoms with Crippen molar-refractivity contribution in [2.24, 2.45) is 11.8 Å². The molecule has 30 heavy (non-hydrogen) atoms. The van der Waals surface area contributed by atoms with Crippen molar-refractivity contribution in [3.63, 3.8) is 0 Å². The summed E-state index contributed by atoms with van der Waals surface area (Å²) in [7, 11) is 0. The summed E-state index contributed by atoms with van der Waals surface area (Å²) in [6.45, 7) is 3.12. The quantitative estimate of drug-likeness (QED) is 0.330. The molecule has 0 unspecified atom stereocenters. The molecule has 0 bridgehead atoms. The van der Waals surface area contributed by atoms with E-state index in [1.54, 1.807) is 6.08 Å². The normalized spacial score (nSPS) is 27.8. The van der Waals surface area contributed by atoms with Gasteiger partial charge >= 0.3 is 0 Å². The van der Waals surface area contributed by atoms with Gasteiger partial charge in [0.2, 0.25) is 0 Å². The van der Waals surface area contributed by atoms with Crippen LogP contribution in [0.15, 0.2) is 48.3 Å². The predicted octanol–water partition coefficient (Wildman–Crippen LogP) is 7.42. The molecule has 0 radical (unpaired) electrons. The molecule has 1 aromatic carbocycles. The molecule has 0 heterocycles. The van der Waals surface area contributed by atoms with Crippen LogP contribution in [0, 0.1) is 23.2 Å². The van der Waals surface area contributed by atoms with Crippen molar-refractivity contribution in [2.45, 2.75) is 83.2 Å². The average molecular weight is 410 g/mol. The van der Waals surface area contributed by atoms with Gasteiger partial charge in [0.15, 0.2) is 5.83 Å². The molecule has 2 nitrogen and oxygen atoms in total. The molecule has 0 saturated heterocycles. The van der Waals surface area contributed by atoms with Gasteiger partial charge in [-0.05, 0) is 92.7 Å². The number of benzene rings is 1.